The molecule has 1 aliphatic rings. The topological polar surface area (TPSA) is 41.6 Å². The van der Waals surface area contributed by atoms with E-state index in [1.807, 2.05) is 42.4 Å². The van der Waals surface area contributed by atoms with E-state index in [0.29, 0.717) is 0 Å². The number of thioether (sulfide) groups is 1. The molecule has 1 aliphatic heterocycles. The molecule has 80 valence electrons. The average Bonchev–Trinajstić information content (AvgIpc) is 2.29. The van der Waals surface area contributed by atoms with Gasteiger partial charge < -0.3 is 10.6 Å². The molecule has 1 heterocycles. The van der Waals surface area contributed by atoms with Gasteiger partial charge in [-0.05, 0) is 12.1 Å². The molecule has 0 radical (unpaired) electrons. The molecule has 0 unspecified atom stereocenters. The van der Waals surface area contributed by atoms with E-state index < -0.39 is 0 Å². The van der Waals surface area contributed by atoms with Crippen molar-refractivity contribution >= 4 is 29.5 Å². The van der Waals surface area contributed by atoms with Crippen molar-refractivity contribution in [2.75, 3.05) is 30.3 Å². The molecule has 0 atom stereocenters. The standard InChI is InChI=1S/C11H15N3S/c12-10-3-1-2-4-11(10)13-9-14-5-7-15-8-6-14/h1-4,9H,5-8,12H2. The number of hydrogen-bond acceptors (Lipinski definition) is 3. The fourth-order valence-corrected chi connectivity index (χ4v) is 2.37. The lowest BCUT2D eigenvalue weighted by molar-refractivity contribution is 0.477. The summed E-state index contributed by atoms with van der Waals surface area (Å²) in [4.78, 5) is 6.64. The first-order valence-electron chi connectivity index (χ1n) is 5.07. The first-order chi connectivity index (χ1) is 7.36. The summed E-state index contributed by atoms with van der Waals surface area (Å²) in [7, 11) is 0. The summed E-state index contributed by atoms with van der Waals surface area (Å²) in [5.74, 6) is 2.38. The second-order valence-corrected chi connectivity index (χ2v) is 4.68. The van der Waals surface area contributed by atoms with Crippen molar-refractivity contribution in [1.82, 2.24) is 4.90 Å². The van der Waals surface area contributed by atoms with Gasteiger partial charge in [-0.25, -0.2) is 4.99 Å². The molecule has 0 spiro atoms. The van der Waals surface area contributed by atoms with Gasteiger partial charge in [0.05, 0.1) is 17.7 Å². The summed E-state index contributed by atoms with van der Waals surface area (Å²) < 4.78 is 0. The Morgan fingerprint density at radius 2 is 2.00 bits per heavy atom. The third-order valence-corrected chi connectivity index (χ3v) is 3.29. The van der Waals surface area contributed by atoms with Gasteiger partial charge in [-0.3, -0.25) is 0 Å². The number of hydrogen-bond donors (Lipinski definition) is 1. The molecule has 1 fully saturated rings. The highest BCUT2D eigenvalue weighted by Crippen LogP contribution is 2.20. The first kappa shape index (κ1) is 10.4. The lowest BCUT2D eigenvalue weighted by atomic mass is 10.3. The molecule has 0 aromatic heterocycles. The van der Waals surface area contributed by atoms with Crippen LogP contribution in [0.4, 0.5) is 11.4 Å². The van der Waals surface area contributed by atoms with E-state index >= 15 is 0 Å². The number of para-hydroxylation sites is 2. The molecule has 0 aliphatic carbocycles. The predicted molar refractivity (Wildman–Crippen MR) is 67.9 cm³/mol. The molecule has 4 heteroatoms. The molecule has 0 saturated carbocycles. The van der Waals surface area contributed by atoms with Gasteiger partial charge in [-0.15, -0.1) is 0 Å². The van der Waals surface area contributed by atoms with Crippen molar-refractivity contribution in [2.24, 2.45) is 4.99 Å². The van der Waals surface area contributed by atoms with Crippen LogP contribution in [0, 0.1) is 0 Å². The molecule has 1 saturated heterocycles. The van der Waals surface area contributed by atoms with Gasteiger partial charge >= 0.3 is 0 Å². The molecule has 2 N–H and O–H groups in total. The Balaban J connectivity index is 2.01. The summed E-state index contributed by atoms with van der Waals surface area (Å²) in [5, 5.41) is 0. The summed E-state index contributed by atoms with van der Waals surface area (Å²) in [6, 6.07) is 7.68. The number of nitrogens with zero attached hydrogens (tertiary/aromatic N) is 2. The zero-order valence-electron chi connectivity index (χ0n) is 8.60. The maximum absolute atomic E-state index is 5.80. The van der Waals surface area contributed by atoms with Gasteiger partial charge in [0.25, 0.3) is 0 Å². The van der Waals surface area contributed by atoms with Crippen molar-refractivity contribution in [3.05, 3.63) is 24.3 Å². The molecule has 2 rings (SSSR count). The van der Waals surface area contributed by atoms with Crippen LogP contribution in [0.25, 0.3) is 0 Å². The van der Waals surface area contributed by atoms with Gasteiger partial charge in [0, 0.05) is 24.6 Å². The normalized spacial score (nSPS) is 17.2. The minimum absolute atomic E-state index is 0.736. The highest BCUT2D eigenvalue weighted by Gasteiger charge is 2.05. The Morgan fingerprint density at radius 1 is 1.27 bits per heavy atom. The molecule has 1 aromatic rings. The molecule has 3 nitrogen and oxygen atoms in total. The number of aliphatic imine (C=N–C) groups is 1. The Kier molecular flexibility index (Phi) is 3.50. The lowest BCUT2D eigenvalue weighted by Crippen LogP contribution is -2.31. The van der Waals surface area contributed by atoms with Crippen LogP contribution < -0.4 is 5.73 Å². The fourth-order valence-electron chi connectivity index (χ4n) is 1.44. The van der Waals surface area contributed by atoms with Crippen molar-refractivity contribution < 1.29 is 0 Å². The van der Waals surface area contributed by atoms with Gasteiger partial charge in [-0.1, -0.05) is 12.1 Å². The molecular formula is C11H15N3S. The lowest BCUT2D eigenvalue weighted by Gasteiger charge is -2.23. The summed E-state index contributed by atoms with van der Waals surface area (Å²) in [5.41, 5.74) is 7.39. The summed E-state index contributed by atoms with van der Waals surface area (Å²) >= 11 is 2.00. The van der Waals surface area contributed by atoms with Gasteiger partial charge in [0.1, 0.15) is 0 Å². The Bertz CT molecular complexity index is 345. The molecule has 0 bridgehead atoms. The van der Waals surface area contributed by atoms with Gasteiger partial charge in [0.2, 0.25) is 0 Å². The smallest absolute Gasteiger partial charge is 0.0913 e. The van der Waals surface area contributed by atoms with Crippen LogP contribution in [0.1, 0.15) is 0 Å². The minimum Gasteiger partial charge on any atom is -0.397 e. The highest BCUT2D eigenvalue weighted by atomic mass is 32.2. The van der Waals surface area contributed by atoms with Crippen LogP contribution in [0.5, 0.6) is 0 Å². The minimum atomic E-state index is 0.736. The molecule has 0 amide bonds. The molecule has 15 heavy (non-hydrogen) atoms. The monoisotopic (exact) mass is 221 g/mol. The second kappa shape index (κ2) is 5.07. The second-order valence-electron chi connectivity index (χ2n) is 3.45. The number of rotatable bonds is 2. The molecular weight excluding hydrogens is 206 g/mol. The van der Waals surface area contributed by atoms with Crippen molar-refractivity contribution in [1.29, 1.82) is 0 Å². The highest BCUT2D eigenvalue weighted by molar-refractivity contribution is 7.99. The van der Waals surface area contributed by atoms with Crippen LogP contribution in [0.3, 0.4) is 0 Å². The van der Waals surface area contributed by atoms with E-state index in [9.17, 15) is 0 Å². The van der Waals surface area contributed by atoms with E-state index in [4.69, 9.17) is 5.73 Å². The largest absolute Gasteiger partial charge is 0.397 e. The van der Waals surface area contributed by atoms with Crippen LogP contribution >= 0.6 is 11.8 Å². The summed E-state index contributed by atoms with van der Waals surface area (Å²) in [6.07, 6.45) is 1.91. The van der Waals surface area contributed by atoms with Crippen LogP contribution in [-0.2, 0) is 0 Å². The number of benzene rings is 1. The quantitative estimate of drug-likeness (QED) is 0.471. The van der Waals surface area contributed by atoms with Gasteiger partial charge in [-0.2, -0.15) is 11.8 Å². The van der Waals surface area contributed by atoms with E-state index in [0.717, 1.165) is 24.5 Å². The van der Waals surface area contributed by atoms with Crippen molar-refractivity contribution in [3.63, 3.8) is 0 Å². The Labute approximate surface area is 94.4 Å². The fraction of sp³-hybridized carbons (Fsp3) is 0.364. The van der Waals surface area contributed by atoms with Crippen LogP contribution in [0.15, 0.2) is 29.3 Å². The first-order valence-corrected chi connectivity index (χ1v) is 6.22. The number of nitrogen functional groups attached to an aromatic ring is 1. The maximum Gasteiger partial charge on any atom is 0.0913 e. The van der Waals surface area contributed by atoms with Crippen LogP contribution in [-0.4, -0.2) is 35.8 Å². The predicted octanol–water partition coefficient (Wildman–Crippen LogP) is 1.98. The maximum atomic E-state index is 5.80. The van der Waals surface area contributed by atoms with E-state index in [1.165, 1.54) is 11.5 Å². The van der Waals surface area contributed by atoms with E-state index in [2.05, 4.69) is 9.89 Å². The third-order valence-electron chi connectivity index (χ3n) is 2.34. The van der Waals surface area contributed by atoms with E-state index in [-0.39, 0.29) is 0 Å². The number of nitrogens with two attached hydrogens (primary N) is 1. The van der Waals surface area contributed by atoms with Gasteiger partial charge in [0.15, 0.2) is 0 Å². The zero-order valence-corrected chi connectivity index (χ0v) is 9.41. The van der Waals surface area contributed by atoms with E-state index in [1.54, 1.807) is 0 Å². The Morgan fingerprint density at radius 3 is 2.73 bits per heavy atom. The Hall–Kier alpha value is -1.16. The number of anilines is 1. The summed E-state index contributed by atoms with van der Waals surface area (Å²) in [6.45, 7) is 2.17. The zero-order chi connectivity index (χ0) is 10.5. The van der Waals surface area contributed by atoms with Crippen molar-refractivity contribution in [2.45, 2.75) is 0 Å². The molecule has 1 aromatic carbocycles. The SMILES string of the molecule is Nc1ccccc1N=CN1CCSCC1. The average molecular weight is 221 g/mol. The van der Waals surface area contributed by atoms with Crippen molar-refractivity contribution in [3.8, 4) is 0 Å². The third kappa shape index (κ3) is 2.89. The van der Waals surface area contributed by atoms with Crippen LogP contribution in [0.2, 0.25) is 0 Å².